The van der Waals surface area contributed by atoms with Crippen molar-refractivity contribution in [2.24, 2.45) is 5.10 Å². The van der Waals surface area contributed by atoms with Crippen molar-refractivity contribution in [1.82, 2.24) is 0 Å². The number of methoxy groups -OCH3 is 1. The molecule has 21 heavy (non-hydrogen) atoms. The van der Waals surface area contributed by atoms with Gasteiger partial charge in [-0.3, -0.25) is 15.5 Å². The average Bonchev–Trinajstić information content (AvgIpc) is 2.49. The minimum absolute atomic E-state index is 0.0480. The highest BCUT2D eigenvalue weighted by Crippen LogP contribution is 2.28. The summed E-state index contributed by atoms with van der Waals surface area (Å²) in [5.41, 5.74) is 3.20. The van der Waals surface area contributed by atoms with Crippen molar-refractivity contribution in [3.63, 3.8) is 0 Å². The number of nitrogens with zero attached hydrogens (tertiary/aromatic N) is 2. The van der Waals surface area contributed by atoms with Gasteiger partial charge in [-0.2, -0.15) is 5.10 Å². The topological polar surface area (TPSA) is 97.0 Å². The Labute approximate surface area is 120 Å². The summed E-state index contributed by atoms with van der Waals surface area (Å²) < 4.78 is 4.98. The number of phenols is 1. The van der Waals surface area contributed by atoms with Gasteiger partial charge in [-0.15, -0.1) is 0 Å². The van der Waals surface area contributed by atoms with Gasteiger partial charge in [0.25, 0.3) is 5.69 Å². The molecular formula is C14H13N3O4. The summed E-state index contributed by atoms with van der Waals surface area (Å²) in [6, 6.07) is 11.1. The maximum absolute atomic E-state index is 10.8. The predicted octanol–water partition coefficient (Wildman–Crippen LogP) is 2.76. The third-order valence-electron chi connectivity index (χ3n) is 2.74. The molecule has 0 atom stereocenters. The quantitative estimate of drug-likeness (QED) is 0.500. The minimum Gasteiger partial charge on any atom is -0.504 e. The number of anilines is 1. The lowest BCUT2D eigenvalue weighted by molar-refractivity contribution is -0.384. The highest BCUT2D eigenvalue weighted by molar-refractivity contribution is 5.85. The zero-order valence-corrected chi connectivity index (χ0v) is 11.2. The fourth-order valence-corrected chi connectivity index (χ4v) is 1.71. The molecule has 0 aliphatic rings. The Morgan fingerprint density at radius 3 is 2.76 bits per heavy atom. The SMILES string of the molecule is COc1cccc(C=NNc2ccccc2[N+](=O)[O-])c1O. The predicted molar refractivity (Wildman–Crippen MR) is 79.0 cm³/mol. The standard InChI is InChI=1S/C14H13N3O4/c1-21-13-8-4-5-10(14(13)18)9-15-16-11-6-2-3-7-12(11)17(19)20/h2-9,16,18H,1H3. The number of nitrogens with one attached hydrogen (secondary N) is 1. The van der Waals surface area contributed by atoms with E-state index < -0.39 is 4.92 Å². The largest absolute Gasteiger partial charge is 0.504 e. The molecule has 0 aliphatic carbocycles. The monoisotopic (exact) mass is 287 g/mol. The number of ether oxygens (including phenoxy) is 1. The summed E-state index contributed by atoms with van der Waals surface area (Å²) in [4.78, 5) is 10.4. The summed E-state index contributed by atoms with van der Waals surface area (Å²) in [6.07, 6.45) is 1.36. The Hall–Kier alpha value is -3.09. The van der Waals surface area contributed by atoms with Crippen LogP contribution in [-0.2, 0) is 0 Å². The first kappa shape index (κ1) is 14.3. The molecule has 0 amide bonds. The van der Waals surface area contributed by atoms with Gasteiger partial charge in [0.1, 0.15) is 5.69 Å². The van der Waals surface area contributed by atoms with E-state index in [1.807, 2.05) is 0 Å². The molecule has 2 rings (SSSR count). The van der Waals surface area contributed by atoms with Crippen molar-refractivity contribution in [3.05, 3.63) is 58.1 Å². The lowest BCUT2D eigenvalue weighted by Crippen LogP contribution is -1.97. The third-order valence-corrected chi connectivity index (χ3v) is 2.74. The summed E-state index contributed by atoms with van der Waals surface area (Å²) in [6.45, 7) is 0. The Bertz CT molecular complexity index is 686. The molecule has 0 saturated carbocycles. The molecule has 0 saturated heterocycles. The van der Waals surface area contributed by atoms with Gasteiger partial charge >= 0.3 is 0 Å². The lowest BCUT2D eigenvalue weighted by Gasteiger charge is -2.05. The number of aromatic hydroxyl groups is 1. The molecule has 0 heterocycles. The van der Waals surface area contributed by atoms with Gasteiger partial charge in [-0.1, -0.05) is 18.2 Å². The first-order valence-corrected chi connectivity index (χ1v) is 6.02. The van der Waals surface area contributed by atoms with Crippen molar-refractivity contribution in [1.29, 1.82) is 0 Å². The fraction of sp³-hybridized carbons (Fsp3) is 0.0714. The molecule has 0 aliphatic heterocycles. The van der Waals surface area contributed by atoms with Crippen molar-refractivity contribution >= 4 is 17.6 Å². The van der Waals surface area contributed by atoms with Gasteiger partial charge in [-0.05, 0) is 18.2 Å². The minimum atomic E-state index is -0.499. The molecule has 0 unspecified atom stereocenters. The summed E-state index contributed by atoms with van der Waals surface area (Å²) in [5, 5.41) is 24.6. The number of nitro benzene ring substituents is 1. The van der Waals surface area contributed by atoms with E-state index in [0.717, 1.165) is 0 Å². The average molecular weight is 287 g/mol. The number of hydrogen-bond donors (Lipinski definition) is 2. The van der Waals surface area contributed by atoms with Crippen LogP contribution in [0.3, 0.4) is 0 Å². The highest BCUT2D eigenvalue weighted by atomic mass is 16.6. The number of benzene rings is 2. The van der Waals surface area contributed by atoms with E-state index in [2.05, 4.69) is 10.5 Å². The molecule has 7 heteroatoms. The maximum atomic E-state index is 10.8. The number of hydrazone groups is 1. The van der Waals surface area contributed by atoms with Crippen LogP contribution in [0.1, 0.15) is 5.56 Å². The number of phenolic OH excluding ortho intramolecular Hbond substituents is 1. The molecule has 2 aromatic carbocycles. The Balaban J connectivity index is 2.19. The van der Waals surface area contributed by atoms with Crippen LogP contribution in [0.4, 0.5) is 11.4 Å². The second kappa shape index (κ2) is 6.38. The molecule has 0 spiro atoms. The van der Waals surface area contributed by atoms with E-state index in [1.54, 1.807) is 36.4 Å². The Morgan fingerprint density at radius 1 is 1.29 bits per heavy atom. The smallest absolute Gasteiger partial charge is 0.294 e. The van der Waals surface area contributed by atoms with Crippen molar-refractivity contribution in [3.8, 4) is 11.5 Å². The number of hydrogen-bond acceptors (Lipinski definition) is 6. The molecule has 0 aromatic heterocycles. The number of nitro groups is 1. The summed E-state index contributed by atoms with van der Waals surface area (Å²) in [5.74, 6) is 0.276. The first-order chi connectivity index (χ1) is 10.1. The van der Waals surface area contributed by atoms with Crippen LogP contribution in [0.2, 0.25) is 0 Å². The van der Waals surface area contributed by atoms with Gasteiger partial charge < -0.3 is 9.84 Å². The Morgan fingerprint density at radius 2 is 2.05 bits per heavy atom. The highest BCUT2D eigenvalue weighted by Gasteiger charge is 2.11. The van der Waals surface area contributed by atoms with E-state index in [9.17, 15) is 15.2 Å². The van der Waals surface area contributed by atoms with Crippen LogP contribution >= 0.6 is 0 Å². The molecular weight excluding hydrogens is 274 g/mol. The van der Waals surface area contributed by atoms with Gasteiger partial charge in [0.05, 0.1) is 18.2 Å². The summed E-state index contributed by atoms with van der Waals surface area (Å²) >= 11 is 0. The molecule has 0 radical (unpaired) electrons. The van der Waals surface area contributed by atoms with Gasteiger partial charge in [0.2, 0.25) is 0 Å². The number of rotatable bonds is 5. The van der Waals surface area contributed by atoms with Crippen LogP contribution in [0.5, 0.6) is 11.5 Å². The molecule has 0 fully saturated rings. The number of para-hydroxylation sites is 3. The van der Waals surface area contributed by atoms with E-state index in [0.29, 0.717) is 11.3 Å². The molecule has 7 nitrogen and oxygen atoms in total. The molecule has 2 aromatic rings. The summed E-state index contributed by atoms with van der Waals surface area (Å²) in [7, 11) is 1.45. The molecule has 2 N–H and O–H groups in total. The van der Waals surface area contributed by atoms with Crippen molar-refractivity contribution in [2.75, 3.05) is 12.5 Å². The van der Waals surface area contributed by atoms with Gasteiger partial charge in [0, 0.05) is 11.6 Å². The van der Waals surface area contributed by atoms with E-state index in [4.69, 9.17) is 4.74 Å². The second-order valence-electron chi connectivity index (χ2n) is 4.04. The van der Waals surface area contributed by atoms with E-state index in [1.165, 1.54) is 19.4 Å². The molecule has 0 bridgehead atoms. The Kier molecular flexibility index (Phi) is 4.35. The van der Waals surface area contributed by atoms with E-state index >= 15 is 0 Å². The zero-order valence-electron chi connectivity index (χ0n) is 11.2. The van der Waals surface area contributed by atoms with Crippen LogP contribution < -0.4 is 10.2 Å². The van der Waals surface area contributed by atoms with Gasteiger partial charge in [-0.25, -0.2) is 0 Å². The third kappa shape index (κ3) is 3.27. The maximum Gasteiger partial charge on any atom is 0.294 e. The van der Waals surface area contributed by atoms with Crippen LogP contribution in [0.15, 0.2) is 47.6 Å². The van der Waals surface area contributed by atoms with Crippen LogP contribution in [-0.4, -0.2) is 23.4 Å². The van der Waals surface area contributed by atoms with Crippen LogP contribution in [0.25, 0.3) is 0 Å². The second-order valence-corrected chi connectivity index (χ2v) is 4.04. The van der Waals surface area contributed by atoms with Crippen molar-refractivity contribution in [2.45, 2.75) is 0 Å². The van der Waals surface area contributed by atoms with E-state index in [-0.39, 0.29) is 17.1 Å². The normalized spacial score (nSPS) is 10.5. The first-order valence-electron chi connectivity index (χ1n) is 6.02. The lowest BCUT2D eigenvalue weighted by atomic mass is 10.2. The van der Waals surface area contributed by atoms with Crippen LogP contribution in [0, 0.1) is 10.1 Å². The fourth-order valence-electron chi connectivity index (χ4n) is 1.71. The van der Waals surface area contributed by atoms with Gasteiger partial charge in [0.15, 0.2) is 11.5 Å². The van der Waals surface area contributed by atoms with Crippen molar-refractivity contribution < 1.29 is 14.8 Å². The molecule has 108 valence electrons. The zero-order chi connectivity index (χ0) is 15.2.